The monoisotopic (exact) mass is 386 g/mol. The summed E-state index contributed by atoms with van der Waals surface area (Å²) in [7, 11) is 2.71. The van der Waals surface area contributed by atoms with E-state index in [0.29, 0.717) is 21.9 Å². The molecule has 0 saturated heterocycles. The van der Waals surface area contributed by atoms with Gasteiger partial charge in [0.1, 0.15) is 16.9 Å². The number of aliphatic hydroxyl groups is 1. The lowest BCUT2D eigenvalue weighted by Gasteiger charge is -2.10. The first-order valence-electron chi connectivity index (χ1n) is 7.85. The summed E-state index contributed by atoms with van der Waals surface area (Å²) in [6, 6.07) is 12.8. The zero-order valence-corrected chi connectivity index (χ0v) is 15.2. The lowest BCUT2D eigenvalue weighted by Crippen LogP contribution is -2.09. The number of methoxy groups -OCH3 is 2. The third-order valence-electron chi connectivity index (χ3n) is 3.98. The minimum Gasteiger partial charge on any atom is -0.504 e. The number of aliphatic hydroxyl groups excluding tert-OH is 1. The van der Waals surface area contributed by atoms with Gasteiger partial charge in [-0.3, -0.25) is 0 Å². The van der Waals surface area contributed by atoms with E-state index in [-0.39, 0.29) is 16.9 Å². The number of carbonyl (C=O) groups is 2. The van der Waals surface area contributed by atoms with Crippen LogP contribution in [0.3, 0.4) is 0 Å². The Morgan fingerprint density at radius 1 is 1.04 bits per heavy atom. The van der Waals surface area contributed by atoms with Crippen molar-refractivity contribution in [1.29, 1.82) is 0 Å². The molecule has 1 N–H and O–H groups in total. The molecule has 0 saturated carbocycles. The topological polar surface area (TPSA) is 82.1 Å². The first-order valence-corrected chi connectivity index (χ1v) is 8.22. The van der Waals surface area contributed by atoms with Gasteiger partial charge in [-0.2, -0.15) is 0 Å². The molecule has 0 radical (unpaired) electrons. The van der Waals surface area contributed by atoms with Crippen molar-refractivity contribution in [3.8, 4) is 5.75 Å². The van der Waals surface area contributed by atoms with Gasteiger partial charge in [0.25, 0.3) is 0 Å². The van der Waals surface area contributed by atoms with Gasteiger partial charge in [-0.1, -0.05) is 35.9 Å². The van der Waals surface area contributed by atoms with E-state index in [2.05, 4.69) is 0 Å². The molecule has 0 bridgehead atoms. The lowest BCUT2D eigenvalue weighted by atomic mass is 10.0. The van der Waals surface area contributed by atoms with E-state index in [1.807, 2.05) is 0 Å². The predicted molar refractivity (Wildman–Crippen MR) is 99.0 cm³/mol. The Hall–Kier alpha value is -3.25. The fraction of sp³-hybridized carbons (Fsp3) is 0.100. The van der Waals surface area contributed by atoms with E-state index >= 15 is 0 Å². The van der Waals surface area contributed by atoms with Gasteiger partial charge in [-0.05, 0) is 35.4 Å². The quantitative estimate of drug-likeness (QED) is 0.636. The third kappa shape index (κ3) is 3.52. The Morgan fingerprint density at radius 3 is 2.22 bits per heavy atom. The molecule has 0 fully saturated rings. The van der Waals surface area contributed by atoms with Gasteiger partial charge in [0.15, 0.2) is 11.5 Å². The van der Waals surface area contributed by atoms with Crippen LogP contribution in [-0.4, -0.2) is 31.3 Å². The Bertz CT molecular complexity index is 955. The number of benzene rings is 2. The summed E-state index contributed by atoms with van der Waals surface area (Å²) in [5.74, 6) is -1.66. The molecule has 1 aliphatic heterocycles. The smallest absolute Gasteiger partial charge is 0.348 e. The highest BCUT2D eigenvalue weighted by Gasteiger charge is 2.36. The summed E-state index contributed by atoms with van der Waals surface area (Å²) < 4.78 is 15.1. The standard InChI is InChI=1S/C20H15ClO6/c1-25-14-9-5-12(6-10-14)16(19(23)26-2)18-17(22)15(20(24)27-18)11-3-7-13(21)8-4-11/h3-10,22H,1-2H3/b18-16+. The van der Waals surface area contributed by atoms with Crippen molar-refractivity contribution >= 4 is 34.7 Å². The average molecular weight is 387 g/mol. The van der Waals surface area contributed by atoms with E-state index in [1.54, 1.807) is 48.5 Å². The Balaban J connectivity index is 2.17. The highest BCUT2D eigenvalue weighted by Crippen LogP contribution is 2.37. The molecule has 27 heavy (non-hydrogen) atoms. The van der Waals surface area contributed by atoms with Crippen LogP contribution in [-0.2, 0) is 19.1 Å². The Labute approximate surface area is 160 Å². The molecule has 0 aromatic heterocycles. The molecule has 1 heterocycles. The summed E-state index contributed by atoms with van der Waals surface area (Å²) in [6.45, 7) is 0. The fourth-order valence-corrected chi connectivity index (χ4v) is 2.77. The molecule has 0 spiro atoms. The minimum atomic E-state index is -0.778. The first-order chi connectivity index (χ1) is 13.0. The summed E-state index contributed by atoms with van der Waals surface area (Å²) in [5.41, 5.74) is 0.678. The minimum absolute atomic E-state index is 0.0587. The molecule has 138 valence electrons. The van der Waals surface area contributed by atoms with Crippen molar-refractivity contribution in [2.75, 3.05) is 14.2 Å². The normalized spacial score (nSPS) is 15.4. The maximum Gasteiger partial charge on any atom is 0.348 e. The van der Waals surface area contributed by atoms with Gasteiger partial charge in [0.05, 0.1) is 14.2 Å². The number of rotatable bonds is 4. The predicted octanol–water partition coefficient (Wildman–Crippen LogP) is 3.76. The molecular weight excluding hydrogens is 372 g/mol. The second-order valence-corrected chi connectivity index (χ2v) is 5.98. The van der Waals surface area contributed by atoms with Crippen molar-refractivity contribution in [1.82, 2.24) is 0 Å². The number of hydrogen-bond donors (Lipinski definition) is 1. The van der Waals surface area contributed by atoms with E-state index in [9.17, 15) is 14.7 Å². The van der Waals surface area contributed by atoms with Crippen molar-refractivity contribution in [3.05, 3.63) is 76.2 Å². The van der Waals surface area contributed by atoms with Gasteiger partial charge in [-0.15, -0.1) is 0 Å². The summed E-state index contributed by atoms with van der Waals surface area (Å²) in [6.07, 6.45) is 0. The van der Waals surface area contributed by atoms with Gasteiger partial charge in [0.2, 0.25) is 0 Å². The van der Waals surface area contributed by atoms with E-state index in [1.165, 1.54) is 14.2 Å². The van der Waals surface area contributed by atoms with Crippen LogP contribution in [0.1, 0.15) is 11.1 Å². The molecule has 7 heteroatoms. The van der Waals surface area contributed by atoms with E-state index < -0.39 is 17.7 Å². The maximum absolute atomic E-state index is 12.3. The van der Waals surface area contributed by atoms with Crippen LogP contribution in [0.15, 0.2) is 60.0 Å². The Morgan fingerprint density at radius 2 is 1.67 bits per heavy atom. The molecular formula is C20H15ClO6. The number of carbonyl (C=O) groups excluding carboxylic acids is 2. The molecule has 3 rings (SSSR count). The molecule has 0 amide bonds. The maximum atomic E-state index is 12.3. The van der Waals surface area contributed by atoms with Gasteiger partial charge in [-0.25, -0.2) is 9.59 Å². The van der Waals surface area contributed by atoms with Crippen LogP contribution in [0.2, 0.25) is 5.02 Å². The fourth-order valence-electron chi connectivity index (χ4n) is 2.64. The molecule has 0 aliphatic carbocycles. The number of ether oxygens (including phenoxy) is 3. The number of cyclic esters (lactones) is 1. The van der Waals surface area contributed by atoms with Crippen LogP contribution in [0, 0.1) is 0 Å². The largest absolute Gasteiger partial charge is 0.504 e. The van der Waals surface area contributed by atoms with Gasteiger partial charge >= 0.3 is 11.9 Å². The zero-order valence-electron chi connectivity index (χ0n) is 14.5. The highest BCUT2D eigenvalue weighted by molar-refractivity contribution is 6.31. The number of esters is 2. The van der Waals surface area contributed by atoms with Crippen molar-refractivity contribution < 1.29 is 28.9 Å². The SMILES string of the molecule is COC(=O)/C(=C1/OC(=O)C(c2ccc(Cl)cc2)=C1O)c1ccc(OC)cc1. The highest BCUT2D eigenvalue weighted by atomic mass is 35.5. The number of hydrogen-bond acceptors (Lipinski definition) is 6. The van der Waals surface area contributed by atoms with Gasteiger partial charge in [0, 0.05) is 5.02 Å². The average Bonchev–Trinajstić information content (AvgIpc) is 2.97. The molecule has 0 unspecified atom stereocenters. The molecule has 2 aromatic carbocycles. The van der Waals surface area contributed by atoms with E-state index in [4.69, 9.17) is 25.8 Å². The summed E-state index contributed by atoms with van der Waals surface area (Å²) in [5, 5.41) is 11.1. The summed E-state index contributed by atoms with van der Waals surface area (Å²) >= 11 is 5.86. The molecule has 0 atom stereocenters. The van der Waals surface area contributed by atoms with Crippen LogP contribution >= 0.6 is 11.6 Å². The molecule has 2 aromatic rings. The van der Waals surface area contributed by atoms with Crippen LogP contribution in [0.4, 0.5) is 0 Å². The van der Waals surface area contributed by atoms with Crippen molar-refractivity contribution in [3.63, 3.8) is 0 Å². The second kappa shape index (κ2) is 7.55. The third-order valence-corrected chi connectivity index (χ3v) is 4.23. The van der Waals surface area contributed by atoms with Gasteiger partial charge < -0.3 is 19.3 Å². The number of halogens is 1. The Kier molecular flexibility index (Phi) is 5.19. The lowest BCUT2D eigenvalue weighted by molar-refractivity contribution is -0.134. The van der Waals surface area contributed by atoms with Crippen LogP contribution in [0.25, 0.3) is 11.1 Å². The first kappa shape index (κ1) is 18.5. The summed E-state index contributed by atoms with van der Waals surface area (Å²) in [4.78, 5) is 24.7. The zero-order chi connectivity index (χ0) is 19.6. The second-order valence-electron chi connectivity index (χ2n) is 5.54. The van der Waals surface area contributed by atoms with Crippen LogP contribution < -0.4 is 4.74 Å². The van der Waals surface area contributed by atoms with Crippen molar-refractivity contribution in [2.45, 2.75) is 0 Å². The van der Waals surface area contributed by atoms with E-state index in [0.717, 1.165) is 0 Å². The molecule has 6 nitrogen and oxygen atoms in total. The van der Waals surface area contributed by atoms with Crippen molar-refractivity contribution in [2.24, 2.45) is 0 Å². The molecule has 1 aliphatic rings. The van der Waals surface area contributed by atoms with Crippen LogP contribution in [0.5, 0.6) is 5.75 Å².